The molecule has 0 spiro atoms. The second-order valence-electron chi connectivity index (χ2n) is 31.5. The van der Waals surface area contributed by atoms with Gasteiger partial charge in [-0.05, 0) is 231 Å². The molecule has 11 aromatic rings. The van der Waals surface area contributed by atoms with Crippen LogP contribution < -0.4 is 14.2 Å². The highest BCUT2D eigenvalue weighted by atomic mass is 35.5. The van der Waals surface area contributed by atoms with Crippen LogP contribution >= 0.6 is 34.8 Å². The largest absolute Gasteiger partial charge is 0.497 e. The molecule has 11 aromatic carbocycles. The Balaban J connectivity index is 0.000000628. The maximum absolute atomic E-state index is 12.8. The fourth-order valence-electron chi connectivity index (χ4n) is 11.0. The van der Waals surface area contributed by atoms with Gasteiger partial charge in [-0.3, -0.25) is 0 Å². The second-order valence-corrected chi connectivity index (χ2v) is 32.7. The molecule has 11 rings (SSSR count). The van der Waals surface area contributed by atoms with Gasteiger partial charge < -0.3 is 14.2 Å². The van der Waals surface area contributed by atoms with Crippen molar-refractivity contribution in [2.75, 3.05) is 21.3 Å². The van der Waals surface area contributed by atoms with Gasteiger partial charge in [0, 0.05) is 5.02 Å². The van der Waals surface area contributed by atoms with Crippen molar-refractivity contribution < 1.29 is 27.4 Å². The van der Waals surface area contributed by atoms with Gasteiger partial charge in [0.15, 0.2) is 11.5 Å². The topological polar surface area (TPSA) is 27.7 Å². The van der Waals surface area contributed by atoms with E-state index < -0.39 is 0 Å². The molecule has 0 aromatic heterocycles. The number of methoxy groups -OCH3 is 3. The number of aryl methyl sites for hydroxylation is 3. The van der Waals surface area contributed by atoms with Crippen LogP contribution in [0.25, 0.3) is 0 Å². The van der Waals surface area contributed by atoms with Crippen molar-refractivity contribution in [2.45, 2.75) is 238 Å². The molecule has 0 amide bonds. The first-order valence-electron chi connectivity index (χ1n) is 40.3. The molecule has 0 fully saturated rings. The minimum atomic E-state index is -0.163. The zero-order valence-corrected chi connectivity index (χ0v) is 76.4. The summed E-state index contributed by atoms with van der Waals surface area (Å²) in [6.07, 6.45) is 0. The number of hydrogen-bond donors (Lipinski definition) is 0. The molecule has 0 radical (unpaired) electrons. The summed E-state index contributed by atoms with van der Waals surface area (Å²) in [6.45, 7) is 53.6. The molecule has 9 heteroatoms. The number of halogens is 6. The Bertz CT molecular complexity index is 4080. The molecule has 618 valence electrons. The Morgan fingerprint density at radius 2 is 0.570 bits per heavy atom. The zero-order chi connectivity index (χ0) is 86.2. The summed E-state index contributed by atoms with van der Waals surface area (Å²) in [6, 6.07) is 84.4. The molecular formula is C105H138Cl3F3O3. The van der Waals surface area contributed by atoms with Crippen LogP contribution in [0, 0.1) is 38.2 Å². The van der Waals surface area contributed by atoms with Crippen LogP contribution in [-0.4, -0.2) is 21.3 Å². The SMILES string of the molecule is CC(C)c1ccc(Cl)c(Cl)c1.CC(C)c1ccc(F)cc1.CC(C)c1cccc(F)c1.CC(C)c1ccccc1.CC(C)c1ccccc1Cl.CC(C)c1ccccc1F.COc1ccc(C(C)C)cc1.COc1ccc(C(C)C)cc1OC.Cc1cccc(C(C)C)c1.Cc1ccccc1C(C)C.Cc1ccccc1C(C)C. The lowest BCUT2D eigenvalue weighted by molar-refractivity contribution is 0.354. The summed E-state index contributed by atoms with van der Waals surface area (Å²) in [5.41, 5.74) is 18.0. The Kier molecular flexibility index (Phi) is 52.2. The number of hydrogen-bond acceptors (Lipinski definition) is 3. The van der Waals surface area contributed by atoms with Crippen molar-refractivity contribution in [2.24, 2.45) is 0 Å². The molecule has 0 aliphatic heterocycles. The normalized spacial score (nSPS) is 10.4. The molecule has 3 nitrogen and oxygen atoms in total. The van der Waals surface area contributed by atoms with E-state index in [2.05, 4.69) is 281 Å². The van der Waals surface area contributed by atoms with Gasteiger partial charge >= 0.3 is 0 Å². The molecule has 0 atom stereocenters. The van der Waals surface area contributed by atoms with E-state index in [1.165, 1.54) is 91.0 Å². The van der Waals surface area contributed by atoms with Crippen molar-refractivity contribution in [1.29, 1.82) is 0 Å². The van der Waals surface area contributed by atoms with Crippen LogP contribution in [0.1, 0.15) is 295 Å². The van der Waals surface area contributed by atoms with Crippen LogP contribution in [0.15, 0.2) is 261 Å². The fraction of sp³-hybridized carbons (Fsp3) is 0.371. The summed E-state index contributed by atoms with van der Waals surface area (Å²) >= 11 is 17.5. The lowest BCUT2D eigenvalue weighted by atomic mass is 9.99. The lowest BCUT2D eigenvalue weighted by Crippen LogP contribution is -1.93. The molecular weight excluding hydrogens is 1470 g/mol. The molecule has 0 saturated heterocycles. The minimum Gasteiger partial charge on any atom is -0.497 e. The maximum atomic E-state index is 12.8. The van der Waals surface area contributed by atoms with Crippen LogP contribution in [0.2, 0.25) is 15.1 Å². The van der Waals surface area contributed by atoms with Crippen molar-refractivity contribution in [1.82, 2.24) is 0 Å². The van der Waals surface area contributed by atoms with E-state index >= 15 is 0 Å². The predicted molar refractivity (Wildman–Crippen MR) is 495 cm³/mol. The average molecular weight is 1610 g/mol. The summed E-state index contributed by atoms with van der Waals surface area (Å²) in [5, 5.41) is 2.13. The smallest absolute Gasteiger partial charge is 0.160 e. The van der Waals surface area contributed by atoms with Crippen molar-refractivity contribution in [3.05, 3.63) is 371 Å². The van der Waals surface area contributed by atoms with Gasteiger partial charge in [-0.1, -0.05) is 381 Å². The monoisotopic (exact) mass is 1610 g/mol. The third kappa shape index (κ3) is 42.7. The highest BCUT2D eigenvalue weighted by Gasteiger charge is 2.09. The third-order valence-corrected chi connectivity index (χ3v) is 19.5. The first-order chi connectivity index (χ1) is 53.8. The summed E-state index contributed by atoms with van der Waals surface area (Å²) < 4.78 is 53.1. The first kappa shape index (κ1) is 103. The number of rotatable bonds is 14. The van der Waals surface area contributed by atoms with E-state index in [-0.39, 0.29) is 23.4 Å². The van der Waals surface area contributed by atoms with Crippen LogP contribution in [0.4, 0.5) is 13.2 Å². The minimum absolute atomic E-state index is 0.0995. The molecule has 0 unspecified atom stereocenters. The Morgan fingerprint density at radius 1 is 0.228 bits per heavy atom. The van der Waals surface area contributed by atoms with Crippen molar-refractivity contribution in [3.8, 4) is 17.2 Å². The van der Waals surface area contributed by atoms with E-state index in [4.69, 9.17) is 49.0 Å². The van der Waals surface area contributed by atoms with Gasteiger partial charge in [0.25, 0.3) is 0 Å². The molecule has 114 heavy (non-hydrogen) atoms. The highest BCUT2D eigenvalue weighted by Crippen LogP contribution is 2.31. The fourth-order valence-corrected chi connectivity index (χ4v) is 11.7. The highest BCUT2D eigenvalue weighted by molar-refractivity contribution is 6.42. The predicted octanol–water partition coefficient (Wildman–Crippen LogP) is 34.2. The summed E-state index contributed by atoms with van der Waals surface area (Å²) in [5.74, 6) is 8.04. The average Bonchev–Trinajstić information content (AvgIpc) is 0.853. The van der Waals surface area contributed by atoms with Gasteiger partial charge in [-0.2, -0.15) is 0 Å². The maximum Gasteiger partial charge on any atom is 0.160 e. The summed E-state index contributed by atoms with van der Waals surface area (Å²) in [7, 11) is 4.99. The van der Waals surface area contributed by atoms with Gasteiger partial charge in [-0.15, -0.1) is 0 Å². The van der Waals surface area contributed by atoms with E-state index in [0.29, 0.717) is 69.2 Å². The third-order valence-electron chi connectivity index (χ3n) is 18.4. The van der Waals surface area contributed by atoms with Gasteiger partial charge in [-0.25, -0.2) is 13.2 Å². The molecule has 0 N–H and O–H groups in total. The van der Waals surface area contributed by atoms with Gasteiger partial charge in [0.2, 0.25) is 0 Å². The Morgan fingerprint density at radius 3 is 0.904 bits per heavy atom. The molecule has 0 saturated carbocycles. The van der Waals surface area contributed by atoms with E-state index in [9.17, 15) is 13.2 Å². The standard InChI is InChI=1S/C11H16O2.C10H14O.3C10H14.C9H10Cl2.C9H11Cl.3C9H11F.C9H12/c1-8(2)9-5-6-10(12-3)11(7-9)13-4;1-8(2)9-4-6-10(11-3)7-5-9;1-8(2)10-6-4-5-9(3)7-10;2*1-8(2)10-7-5-4-6-9(10)3;1-6(2)7-3-4-8(10)9(11)5-7;1-7(2)8-5-3-4-6-9(8)10;1-7(2)8-3-5-9(10)6-4-8;1-7(2)8-4-3-5-9(10)6-8;1-7(2)8-5-3-4-6-9(8)10;1-8(2)9-6-4-3-5-7-9/h5-8H,1-4H3;4-8H,1-3H3;3*4-8H,1-3H3;3-6H,1-2H3;4*3-7H,1-2H3;3-8H,1-2H3. The van der Waals surface area contributed by atoms with E-state index in [1.54, 1.807) is 39.5 Å². The first-order valence-corrected chi connectivity index (χ1v) is 41.5. The molecule has 0 bridgehead atoms. The van der Waals surface area contributed by atoms with Crippen LogP contribution in [0.3, 0.4) is 0 Å². The van der Waals surface area contributed by atoms with Crippen molar-refractivity contribution in [3.63, 3.8) is 0 Å². The number of ether oxygens (including phenoxy) is 3. The quantitative estimate of drug-likeness (QED) is 0.109. The van der Waals surface area contributed by atoms with E-state index in [0.717, 1.165) is 33.4 Å². The zero-order valence-electron chi connectivity index (χ0n) is 74.2. The van der Waals surface area contributed by atoms with Crippen LogP contribution in [-0.2, 0) is 0 Å². The lowest BCUT2D eigenvalue weighted by Gasteiger charge is -2.11. The van der Waals surface area contributed by atoms with Gasteiger partial charge in [0.05, 0.1) is 31.4 Å². The van der Waals surface area contributed by atoms with E-state index in [1.807, 2.05) is 111 Å². The molecule has 0 aliphatic rings. The second kappa shape index (κ2) is 57.5. The summed E-state index contributed by atoms with van der Waals surface area (Å²) in [4.78, 5) is 0. The number of benzene rings is 11. The molecule has 0 heterocycles. The molecule has 0 aliphatic carbocycles. The Hall–Kier alpha value is -8.52. The van der Waals surface area contributed by atoms with Crippen molar-refractivity contribution >= 4 is 34.8 Å². The Labute approximate surface area is 705 Å². The van der Waals surface area contributed by atoms with Crippen LogP contribution in [0.5, 0.6) is 17.2 Å². The van der Waals surface area contributed by atoms with Gasteiger partial charge in [0.1, 0.15) is 23.2 Å².